The van der Waals surface area contributed by atoms with Gasteiger partial charge in [0.25, 0.3) is 0 Å². The number of furan rings is 1. The number of rotatable bonds is 6. The molecule has 2 heteroatoms. The van der Waals surface area contributed by atoms with Crippen molar-refractivity contribution in [1.29, 1.82) is 0 Å². The van der Waals surface area contributed by atoms with Crippen LogP contribution in [0.1, 0.15) is 43.4 Å². The van der Waals surface area contributed by atoms with Gasteiger partial charge in [0.1, 0.15) is 11.5 Å². The topological polar surface area (TPSA) is 25.2 Å². The van der Waals surface area contributed by atoms with E-state index >= 15 is 0 Å². The molecule has 2 nitrogen and oxygen atoms in total. The molecule has 96 valence electrons. The Kier molecular flexibility index (Phi) is 4.59. The van der Waals surface area contributed by atoms with Crippen LogP contribution >= 0.6 is 0 Å². The number of benzene rings is 1. The van der Waals surface area contributed by atoms with Crippen LogP contribution in [0.3, 0.4) is 0 Å². The zero-order valence-electron chi connectivity index (χ0n) is 11.1. The van der Waals surface area contributed by atoms with Crippen molar-refractivity contribution >= 4 is 0 Å². The van der Waals surface area contributed by atoms with Crippen LogP contribution in [0.5, 0.6) is 0 Å². The Labute approximate surface area is 109 Å². The summed E-state index contributed by atoms with van der Waals surface area (Å²) in [5.74, 6) is 2.05. The van der Waals surface area contributed by atoms with E-state index in [1.54, 1.807) is 0 Å². The fourth-order valence-electron chi connectivity index (χ4n) is 2.06. The number of aryl methyl sites for hydroxylation is 1. The number of nitrogens with one attached hydrogen (secondary N) is 1. The third kappa shape index (κ3) is 3.02. The standard InChI is InChI=1S/C16H21NO/c1-3-12-17-16(13-8-6-5-7-9-13)15-11-10-14(4-2)18-15/h5-11,16-17H,3-4,12H2,1-2H3. The first-order valence-electron chi connectivity index (χ1n) is 6.72. The van der Waals surface area contributed by atoms with Gasteiger partial charge in [-0.05, 0) is 30.7 Å². The van der Waals surface area contributed by atoms with Crippen molar-refractivity contribution in [2.24, 2.45) is 0 Å². The lowest BCUT2D eigenvalue weighted by atomic mass is 10.0. The average molecular weight is 243 g/mol. The molecule has 0 amide bonds. The van der Waals surface area contributed by atoms with E-state index in [9.17, 15) is 0 Å². The minimum absolute atomic E-state index is 0.159. The molecule has 0 aliphatic heterocycles. The normalized spacial score (nSPS) is 12.6. The number of hydrogen-bond acceptors (Lipinski definition) is 2. The molecule has 1 unspecified atom stereocenters. The highest BCUT2D eigenvalue weighted by atomic mass is 16.3. The Morgan fingerprint density at radius 3 is 2.44 bits per heavy atom. The van der Waals surface area contributed by atoms with Crippen molar-refractivity contribution in [3.8, 4) is 0 Å². The maximum atomic E-state index is 5.88. The second-order valence-corrected chi connectivity index (χ2v) is 4.46. The molecule has 1 atom stereocenters. The van der Waals surface area contributed by atoms with Crippen molar-refractivity contribution in [2.45, 2.75) is 32.7 Å². The lowest BCUT2D eigenvalue weighted by Gasteiger charge is -2.16. The second-order valence-electron chi connectivity index (χ2n) is 4.46. The zero-order valence-corrected chi connectivity index (χ0v) is 11.1. The van der Waals surface area contributed by atoms with E-state index in [2.05, 4.69) is 55.6 Å². The van der Waals surface area contributed by atoms with E-state index in [0.717, 1.165) is 30.9 Å². The van der Waals surface area contributed by atoms with Crippen LogP contribution in [0.2, 0.25) is 0 Å². The van der Waals surface area contributed by atoms with Gasteiger partial charge in [0.2, 0.25) is 0 Å². The predicted octanol–water partition coefficient (Wildman–Crippen LogP) is 3.93. The van der Waals surface area contributed by atoms with Gasteiger partial charge in [0, 0.05) is 6.42 Å². The molecule has 0 saturated heterocycles. The molecule has 2 rings (SSSR count). The highest BCUT2D eigenvalue weighted by Gasteiger charge is 2.16. The molecule has 0 spiro atoms. The quantitative estimate of drug-likeness (QED) is 0.831. The molecule has 0 aliphatic carbocycles. The maximum Gasteiger partial charge on any atom is 0.125 e. The second kappa shape index (κ2) is 6.41. The monoisotopic (exact) mass is 243 g/mol. The van der Waals surface area contributed by atoms with Gasteiger partial charge >= 0.3 is 0 Å². The Morgan fingerprint density at radius 1 is 1.06 bits per heavy atom. The first kappa shape index (κ1) is 12.9. The summed E-state index contributed by atoms with van der Waals surface area (Å²) in [5, 5.41) is 3.55. The molecule has 0 radical (unpaired) electrons. The third-order valence-corrected chi connectivity index (χ3v) is 3.05. The summed E-state index contributed by atoms with van der Waals surface area (Å²) in [5.41, 5.74) is 1.25. The zero-order chi connectivity index (χ0) is 12.8. The van der Waals surface area contributed by atoms with Gasteiger partial charge in [-0.15, -0.1) is 0 Å². The molecule has 0 aliphatic rings. The fourth-order valence-corrected chi connectivity index (χ4v) is 2.06. The SMILES string of the molecule is CCCNC(c1ccccc1)c1ccc(CC)o1. The Morgan fingerprint density at radius 2 is 1.83 bits per heavy atom. The van der Waals surface area contributed by atoms with Gasteiger partial charge < -0.3 is 9.73 Å². The van der Waals surface area contributed by atoms with E-state index in [1.807, 2.05) is 6.07 Å². The molecule has 2 aromatic rings. The molecule has 0 saturated carbocycles. The van der Waals surface area contributed by atoms with Crippen LogP contribution in [0.25, 0.3) is 0 Å². The van der Waals surface area contributed by atoms with Crippen LogP contribution < -0.4 is 5.32 Å². The molecule has 1 heterocycles. The minimum Gasteiger partial charge on any atom is -0.464 e. The van der Waals surface area contributed by atoms with Crippen LogP contribution in [0.4, 0.5) is 0 Å². The minimum atomic E-state index is 0.159. The van der Waals surface area contributed by atoms with Gasteiger partial charge in [-0.3, -0.25) is 0 Å². The molecule has 18 heavy (non-hydrogen) atoms. The van der Waals surface area contributed by atoms with E-state index in [0.29, 0.717) is 0 Å². The van der Waals surface area contributed by atoms with Crippen LogP contribution in [-0.2, 0) is 6.42 Å². The van der Waals surface area contributed by atoms with Crippen molar-refractivity contribution in [2.75, 3.05) is 6.54 Å². The average Bonchev–Trinajstić information content (AvgIpc) is 2.89. The molecule has 1 aromatic heterocycles. The molecule has 0 fully saturated rings. The van der Waals surface area contributed by atoms with Gasteiger partial charge in [0.15, 0.2) is 0 Å². The van der Waals surface area contributed by atoms with Gasteiger partial charge in [-0.25, -0.2) is 0 Å². The lowest BCUT2D eigenvalue weighted by Crippen LogP contribution is -2.22. The summed E-state index contributed by atoms with van der Waals surface area (Å²) < 4.78 is 5.88. The fraction of sp³-hybridized carbons (Fsp3) is 0.375. The Hall–Kier alpha value is -1.54. The van der Waals surface area contributed by atoms with Gasteiger partial charge in [0.05, 0.1) is 6.04 Å². The van der Waals surface area contributed by atoms with E-state index in [-0.39, 0.29) is 6.04 Å². The Balaban J connectivity index is 2.24. The third-order valence-electron chi connectivity index (χ3n) is 3.05. The molecule has 0 bridgehead atoms. The molecular weight excluding hydrogens is 222 g/mol. The summed E-state index contributed by atoms with van der Waals surface area (Å²) in [7, 11) is 0. The molecule has 1 N–H and O–H groups in total. The summed E-state index contributed by atoms with van der Waals surface area (Å²) in [4.78, 5) is 0. The summed E-state index contributed by atoms with van der Waals surface area (Å²) in [6.45, 7) is 5.27. The highest BCUT2D eigenvalue weighted by Crippen LogP contribution is 2.24. The summed E-state index contributed by atoms with van der Waals surface area (Å²) in [6, 6.07) is 14.8. The largest absolute Gasteiger partial charge is 0.464 e. The smallest absolute Gasteiger partial charge is 0.125 e. The van der Waals surface area contributed by atoms with E-state index in [4.69, 9.17) is 4.42 Å². The highest BCUT2D eigenvalue weighted by molar-refractivity contribution is 5.27. The molecular formula is C16H21NO. The predicted molar refractivity (Wildman–Crippen MR) is 74.7 cm³/mol. The van der Waals surface area contributed by atoms with Crippen molar-refractivity contribution < 1.29 is 4.42 Å². The number of hydrogen-bond donors (Lipinski definition) is 1. The van der Waals surface area contributed by atoms with Gasteiger partial charge in [-0.2, -0.15) is 0 Å². The van der Waals surface area contributed by atoms with Gasteiger partial charge in [-0.1, -0.05) is 44.2 Å². The van der Waals surface area contributed by atoms with Crippen LogP contribution in [0.15, 0.2) is 46.9 Å². The summed E-state index contributed by atoms with van der Waals surface area (Å²) in [6.07, 6.45) is 2.06. The van der Waals surface area contributed by atoms with Crippen LogP contribution in [0, 0.1) is 0 Å². The van der Waals surface area contributed by atoms with Crippen molar-refractivity contribution in [3.05, 3.63) is 59.5 Å². The van der Waals surface area contributed by atoms with E-state index < -0.39 is 0 Å². The van der Waals surface area contributed by atoms with Crippen molar-refractivity contribution in [3.63, 3.8) is 0 Å². The Bertz CT molecular complexity index is 461. The van der Waals surface area contributed by atoms with Crippen LogP contribution in [-0.4, -0.2) is 6.54 Å². The molecule has 1 aromatic carbocycles. The first-order chi connectivity index (χ1) is 8.85. The summed E-state index contributed by atoms with van der Waals surface area (Å²) >= 11 is 0. The lowest BCUT2D eigenvalue weighted by molar-refractivity contribution is 0.422. The van der Waals surface area contributed by atoms with E-state index in [1.165, 1.54) is 5.56 Å². The van der Waals surface area contributed by atoms with Crippen molar-refractivity contribution in [1.82, 2.24) is 5.32 Å². The first-order valence-corrected chi connectivity index (χ1v) is 6.72. The maximum absolute atomic E-state index is 5.88.